The summed E-state index contributed by atoms with van der Waals surface area (Å²) in [5.41, 5.74) is 1.83. The molecule has 4 heteroatoms. The molecular weight excluding hydrogens is 302 g/mol. The van der Waals surface area contributed by atoms with Crippen LogP contribution in [0.5, 0.6) is 0 Å². The predicted octanol–water partition coefficient (Wildman–Crippen LogP) is 2.78. The van der Waals surface area contributed by atoms with Crippen LogP contribution in [0.2, 0.25) is 0 Å². The number of aliphatic carboxylic acids is 1. The van der Waals surface area contributed by atoms with Crippen molar-refractivity contribution in [1.29, 1.82) is 0 Å². The van der Waals surface area contributed by atoms with E-state index in [-0.39, 0.29) is 12.3 Å². The zero-order valence-corrected chi connectivity index (χ0v) is 13.4. The van der Waals surface area contributed by atoms with Crippen LogP contribution in [0.4, 0.5) is 0 Å². The molecule has 1 amide bonds. The molecule has 24 heavy (non-hydrogen) atoms. The van der Waals surface area contributed by atoms with E-state index in [4.69, 9.17) is 6.42 Å². The van der Waals surface area contributed by atoms with Crippen LogP contribution in [-0.4, -0.2) is 34.5 Å². The van der Waals surface area contributed by atoms with E-state index >= 15 is 0 Å². The van der Waals surface area contributed by atoms with Gasteiger partial charge in [0.25, 0.3) is 5.91 Å². The van der Waals surface area contributed by atoms with Crippen molar-refractivity contribution in [1.82, 2.24) is 4.90 Å². The number of rotatable bonds is 6. The van der Waals surface area contributed by atoms with Gasteiger partial charge in [-0.1, -0.05) is 36.3 Å². The number of benzene rings is 2. The minimum absolute atomic E-state index is 0.252. The zero-order chi connectivity index (χ0) is 17.5. The van der Waals surface area contributed by atoms with Crippen LogP contribution >= 0.6 is 0 Å². The van der Waals surface area contributed by atoms with E-state index in [1.807, 2.05) is 30.3 Å². The average Bonchev–Trinajstić information content (AvgIpc) is 2.62. The van der Waals surface area contributed by atoms with Crippen LogP contribution in [0.1, 0.15) is 28.4 Å². The Labute approximate surface area is 141 Å². The molecule has 0 unspecified atom stereocenters. The second kappa shape index (κ2) is 7.98. The summed E-state index contributed by atoms with van der Waals surface area (Å²) in [5.74, 6) is 0.876. The zero-order valence-electron chi connectivity index (χ0n) is 13.4. The molecule has 0 bridgehead atoms. The van der Waals surface area contributed by atoms with Crippen molar-refractivity contribution in [3.05, 3.63) is 77.7 Å². The van der Waals surface area contributed by atoms with E-state index in [1.165, 1.54) is 4.90 Å². The highest BCUT2D eigenvalue weighted by Crippen LogP contribution is 2.14. The van der Waals surface area contributed by atoms with Gasteiger partial charge in [-0.2, -0.15) is 0 Å². The van der Waals surface area contributed by atoms with Crippen molar-refractivity contribution in [2.24, 2.45) is 0 Å². The Morgan fingerprint density at radius 1 is 1.12 bits per heavy atom. The van der Waals surface area contributed by atoms with Crippen molar-refractivity contribution in [3.63, 3.8) is 0 Å². The lowest BCUT2D eigenvalue weighted by atomic mass is 10.0. The number of likely N-dealkylation sites (N-methyl/N-ethyl adjacent to an activating group) is 1. The van der Waals surface area contributed by atoms with Gasteiger partial charge in [-0.3, -0.25) is 4.79 Å². The summed E-state index contributed by atoms with van der Waals surface area (Å²) < 4.78 is 0. The lowest BCUT2D eigenvalue weighted by Crippen LogP contribution is -2.46. The Kier molecular flexibility index (Phi) is 5.75. The SMILES string of the molecule is [C]#Cc1ccc(C(=O)N(CC)[C@@H](Cc2ccccc2)C(=O)O)cc1. The molecule has 0 aliphatic heterocycles. The molecular formula is C20H18NO3. The van der Waals surface area contributed by atoms with Crippen molar-refractivity contribution in [3.8, 4) is 5.92 Å². The third-order valence-electron chi connectivity index (χ3n) is 3.81. The second-order valence-electron chi connectivity index (χ2n) is 5.34. The maximum absolute atomic E-state index is 12.7. The fraction of sp³-hybridized carbons (Fsp3) is 0.200. The third kappa shape index (κ3) is 4.02. The largest absolute Gasteiger partial charge is 0.480 e. The fourth-order valence-electron chi connectivity index (χ4n) is 2.54. The summed E-state index contributed by atoms with van der Waals surface area (Å²) in [7, 11) is 0. The first-order valence-corrected chi connectivity index (χ1v) is 7.67. The highest BCUT2D eigenvalue weighted by atomic mass is 16.4. The van der Waals surface area contributed by atoms with Gasteiger partial charge in [-0.05, 0) is 43.2 Å². The molecule has 2 rings (SSSR count). The van der Waals surface area contributed by atoms with Gasteiger partial charge in [-0.25, -0.2) is 4.79 Å². The van der Waals surface area contributed by atoms with Crippen LogP contribution in [0.25, 0.3) is 0 Å². The topological polar surface area (TPSA) is 57.6 Å². The quantitative estimate of drug-likeness (QED) is 0.833. The predicted molar refractivity (Wildman–Crippen MR) is 91.0 cm³/mol. The Morgan fingerprint density at radius 3 is 2.25 bits per heavy atom. The van der Waals surface area contributed by atoms with Crippen LogP contribution in [-0.2, 0) is 11.2 Å². The first-order chi connectivity index (χ1) is 11.6. The van der Waals surface area contributed by atoms with Gasteiger partial charge < -0.3 is 10.0 Å². The molecule has 0 saturated carbocycles. The summed E-state index contributed by atoms with van der Waals surface area (Å²) in [4.78, 5) is 25.8. The molecule has 1 radical (unpaired) electrons. The molecule has 2 aromatic carbocycles. The fourth-order valence-corrected chi connectivity index (χ4v) is 2.54. The lowest BCUT2D eigenvalue weighted by Gasteiger charge is -2.28. The molecule has 1 atom stereocenters. The normalized spacial score (nSPS) is 11.3. The number of carbonyl (C=O) groups excluding carboxylic acids is 1. The van der Waals surface area contributed by atoms with Gasteiger partial charge in [0.15, 0.2) is 0 Å². The summed E-state index contributed by atoms with van der Waals surface area (Å²) in [6, 6.07) is 14.7. The Balaban J connectivity index is 2.26. The number of carboxylic acids is 1. The molecule has 121 valence electrons. The number of hydrogen-bond donors (Lipinski definition) is 1. The summed E-state index contributed by atoms with van der Waals surface area (Å²) in [6.07, 6.45) is 7.32. The van der Waals surface area contributed by atoms with Gasteiger partial charge >= 0.3 is 5.97 Å². The number of amides is 1. The van der Waals surface area contributed by atoms with Crippen LogP contribution < -0.4 is 0 Å². The minimum atomic E-state index is -1.03. The number of carbonyl (C=O) groups is 2. The monoisotopic (exact) mass is 320 g/mol. The first kappa shape index (κ1) is 17.3. The number of nitrogens with zero attached hydrogens (tertiary/aromatic N) is 1. The molecule has 0 heterocycles. The van der Waals surface area contributed by atoms with E-state index in [0.29, 0.717) is 17.7 Å². The maximum Gasteiger partial charge on any atom is 0.326 e. The Hall–Kier alpha value is -3.06. The van der Waals surface area contributed by atoms with Gasteiger partial charge in [0.1, 0.15) is 6.04 Å². The molecule has 0 spiro atoms. The molecule has 4 nitrogen and oxygen atoms in total. The molecule has 0 aromatic heterocycles. The van der Waals surface area contributed by atoms with Gasteiger partial charge in [0, 0.05) is 24.1 Å². The molecule has 0 saturated heterocycles. The minimum Gasteiger partial charge on any atom is -0.480 e. The summed E-state index contributed by atoms with van der Waals surface area (Å²) >= 11 is 0. The molecule has 2 aromatic rings. The standard InChI is InChI=1S/C20H18NO3/c1-3-15-10-12-17(13-11-15)19(22)21(4-2)18(20(23)24)14-16-8-6-5-7-9-16/h5-13,18H,4,14H2,2H3,(H,23,24)/t18-/m0/s1. The van der Waals surface area contributed by atoms with Crippen LogP contribution in [0.3, 0.4) is 0 Å². The Morgan fingerprint density at radius 2 is 1.75 bits per heavy atom. The molecule has 0 fully saturated rings. The van der Waals surface area contributed by atoms with Gasteiger partial charge in [0.2, 0.25) is 0 Å². The average molecular weight is 320 g/mol. The highest BCUT2D eigenvalue weighted by Gasteiger charge is 2.29. The van der Waals surface area contributed by atoms with Gasteiger partial charge in [0.05, 0.1) is 0 Å². The summed E-state index contributed by atoms with van der Waals surface area (Å²) in [5, 5.41) is 9.59. The van der Waals surface area contributed by atoms with Crippen LogP contribution in [0.15, 0.2) is 54.6 Å². The van der Waals surface area contributed by atoms with E-state index in [9.17, 15) is 14.7 Å². The highest BCUT2D eigenvalue weighted by molar-refractivity contribution is 5.96. The number of hydrogen-bond acceptors (Lipinski definition) is 2. The van der Waals surface area contributed by atoms with Crippen molar-refractivity contribution in [2.75, 3.05) is 6.54 Å². The molecule has 0 aliphatic carbocycles. The first-order valence-electron chi connectivity index (χ1n) is 7.67. The van der Waals surface area contributed by atoms with E-state index in [0.717, 1.165) is 5.56 Å². The Bertz CT molecular complexity index is 745. The smallest absolute Gasteiger partial charge is 0.326 e. The van der Waals surface area contributed by atoms with Crippen molar-refractivity contribution in [2.45, 2.75) is 19.4 Å². The van der Waals surface area contributed by atoms with E-state index in [1.54, 1.807) is 31.2 Å². The lowest BCUT2D eigenvalue weighted by molar-refractivity contribution is -0.142. The summed E-state index contributed by atoms with van der Waals surface area (Å²) in [6.45, 7) is 2.06. The van der Waals surface area contributed by atoms with Crippen LogP contribution in [0, 0.1) is 12.3 Å². The second-order valence-corrected chi connectivity index (χ2v) is 5.34. The maximum atomic E-state index is 12.7. The van der Waals surface area contributed by atoms with Gasteiger partial charge in [-0.15, -0.1) is 0 Å². The van der Waals surface area contributed by atoms with E-state index in [2.05, 4.69) is 5.92 Å². The molecule has 0 aliphatic rings. The van der Waals surface area contributed by atoms with Crippen molar-refractivity contribution < 1.29 is 14.7 Å². The third-order valence-corrected chi connectivity index (χ3v) is 3.81. The van der Waals surface area contributed by atoms with E-state index < -0.39 is 12.0 Å². The van der Waals surface area contributed by atoms with Crippen molar-refractivity contribution >= 4 is 11.9 Å². The molecule has 1 N–H and O–H groups in total. The number of carboxylic acid groups (broad SMARTS) is 1.